The van der Waals surface area contributed by atoms with Gasteiger partial charge in [0.1, 0.15) is 11.8 Å². The van der Waals surface area contributed by atoms with Crippen molar-refractivity contribution in [3.8, 4) is 5.75 Å². The molecule has 2 saturated carbocycles. The Morgan fingerprint density at radius 3 is 2.52 bits per heavy atom. The Labute approximate surface area is 273 Å². The van der Waals surface area contributed by atoms with Crippen molar-refractivity contribution in [1.29, 1.82) is 0 Å². The van der Waals surface area contributed by atoms with E-state index in [1.165, 1.54) is 0 Å². The molecule has 2 aliphatic heterocycles. The summed E-state index contributed by atoms with van der Waals surface area (Å²) >= 11 is 2.74. The Bertz CT molecular complexity index is 1800. The average molecular weight is 662 g/mol. The molecular formula is C34H35N3O7S2. The number of hydrogen-bond acceptors (Lipinski definition) is 8. The van der Waals surface area contributed by atoms with Gasteiger partial charge in [-0.2, -0.15) is 0 Å². The van der Waals surface area contributed by atoms with Crippen molar-refractivity contribution in [2.75, 3.05) is 11.9 Å². The topological polar surface area (TPSA) is 146 Å². The highest BCUT2D eigenvalue weighted by Gasteiger charge is 2.70. The van der Waals surface area contributed by atoms with Crippen LogP contribution >= 0.6 is 23.1 Å². The molecular weight excluding hydrogens is 627 g/mol. The van der Waals surface area contributed by atoms with E-state index >= 15 is 0 Å². The number of ether oxygens (including phenoxy) is 1. The predicted octanol–water partition coefficient (Wildman–Crippen LogP) is 4.73. The number of thiazole rings is 1. The Morgan fingerprint density at radius 2 is 1.80 bits per heavy atom. The van der Waals surface area contributed by atoms with Gasteiger partial charge < -0.3 is 20.1 Å². The fraction of sp³-hybridized carbons (Fsp3) is 0.441. The summed E-state index contributed by atoms with van der Waals surface area (Å²) in [5.74, 6) is -3.31. The minimum atomic E-state index is -1.18. The first-order chi connectivity index (χ1) is 22.0. The molecule has 2 aliphatic carbocycles. The van der Waals surface area contributed by atoms with Gasteiger partial charge in [-0.05, 0) is 72.8 Å². The van der Waals surface area contributed by atoms with Gasteiger partial charge in [0.05, 0.1) is 16.9 Å². The van der Waals surface area contributed by atoms with Crippen molar-refractivity contribution in [1.82, 2.24) is 9.88 Å². The summed E-state index contributed by atoms with van der Waals surface area (Å²) < 4.78 is 5.93. The number of hydrogen-bond donors (Lipinski definition) is 3. The van der Waals surface area contributed by atoms with E-state index in [0.717, 1.165) is 43.0 Å². The highest BCUT2D eigenvalue weighted by Crippen LogP contribution is 2.68. The van der Waals surface area contributed by atoms with Crippen LogP contribution in [0.4, 0.5) is 5.69 Å². The number of fused-ring (bicyclic) bond motifs is 9. The normalized spacial score (nSPS) is 28.2. The van der Waals surface area contributed by atoms with Crippen molar-refractivity contribution in [3.05, 3.63) is 74.2 Å². The fourth-order valence-electron chi connectivity index (χ4n) is 8.33. The third-order valence-corrected chi connectivity index (χ3v) is 12.6. The second kappa shape index (κ2) is 11.7. The number of rotatable bonds is 9. The Balaban J connectivity index is 1.18. The lowest BCUT2D eigenvalue weighted by molar-refractivity contribution is -0.156. The summed E-state index contributed by atoms with van der Waals surface area (Å²) in [5.41, 5.74) is 2.57. The molecule has 3 amide bonds. The molecule has 7 rings (SSSR count). The molecule has 10 nitrogen and oxygen atoms in total. The molecule has 1 aromatic heterocycles. The van der Waals surface area contributed by atoms with Crippen LogP contribution in [0.2, 0.25) is 0 Å². The van der Waals surface area contributed by atoms with E-state index in [0.29, 0.717) is 12.2 Å². The number of carboxylic acid groups (broad SMARTS) is 1. The highest BCUT2D eigenvalue weighted by molar-refractivity contribution is 8.00. The molecule has 0 radical (unpaired) electrons. The van der Waals surface area contributed by atoms with Gasteiger partial charge in [-0.3, -0.25) is 24.1 Å². The van der Waals surface area contributed by atoms with E-state index in [4.69, 9.17) is 4.74 Å². The first-order valence-electron chi connectivity index (χ1n) is 15.6. The number of thioether (sulfide) groups is 1. The van der Waals surface area contributed by atoms with Crippen LogP contribution in [0.3, 0.4) is 0 Å². The van der Waals surface area contributed by atoms with Crippen LogP contribution in [0, 0.1) is 42.4 Å². The second-order valence-electron chi connectivity index (χ2n) is 13.2. The number of aryl methyl sites for hydroxylation is 1. The first-order valence-corrected chi connectivity index (χ1v) is 17.3. The number of benzene rings is 2. The molecule has 3 N–H and O–H groups in total. The number of aromatic nitrogens is 1. The number of aliphatic carboxylic acids is 1. The van der Waals surface area contributed by atoms with Gasteiger partial charge in [0.2, 0.25) is 11.8 Å². The number of likely N-dealkylation sites (tertiary alicyclic amines) is 1. The minimum absolute atomic E-state index is 0.00258. The molecule has 12 heteroatoms. The third kappa shape index (κ3) is 5.06. The van der Waals surface area contributed by atoms with Crippen LogP contribution in [0.5, 0.6) is 5.75 Å². The summed E-state index contributed by atoms with van der Waals surface area (Å²) in [6.07, 6.45) is 0.913. The number of imide groups is 1. The minimum Gasteiger partial charge on any atom is -0.484 e. The van der Waals surface area contributed by atoms with Gasteiger partial charge in [-0.1, -0.05) is 55.5 Å². The van der Waals surface area contributed by atoms with E-state index in [1.54, 1.807) is 17.8 Å². The Kier molecular flexibility index (Phi) is 7.83. The number of para-hydroxylation sites is 1. The highest BCUT2D eigenvalue weighted by atomic mass is 32.2. The number of carboxylic acids is 1. The molecule has 3 fully saturated rings. The smallest absolute Gasteiger partial charge is 0.326 e. The number of nitrogens with zero attached hydrogens (tertiary/aromatic N) is 1. The number of nitrogens with one attached hydrogen (secondary N) is 2. The molecule has 46 heavy (non-hydrogen) atoms. The molecule has 1 saturated heterocycles. The quantitative estimate of drug-likeness (QED) is 0.279. The second-order valence-corrected chi connectivity index (χ2v) is 15.4. The predicted molar refractivity (Wildman–Crippen MR) is 173 cm³/mol. The Morgan fingerprint density at radius 1 is 1.07 bits per heavy atom. The van der Waals surface area contributed by atoms with Gasteiger partial charge in [0.25, 0.3) is 5.91 Å². The van der Waals surface area contributed by atoms with Crippen LogP contribution < -0.4 is 14.9 Å². The molecule has 8 atom stereocenters. The van der Waals surface area contributed by atoms with Gasteiger partial charge in [0, 0.05) is 21.7 Å². The molecule has 2 bridgehead atoms. The average Bonchev–Trinajstić information content (AvgIpc) is 3.75. The van der Waals surface area contributed by atoms with Crippen molar-refractivity contribution in [2.45, 2.75) is 55.8 Å². The van der Waals surface area contributed by atoms with Crippen LogP contribution in [0.25, 0.3) is 0 Å². The van der Waals surface area contributed by atoms with E-state index in [1.807, 2.05) is 63.2 Å². The third-order valence-electron chi connectivity index (χ3n) is 10.1. The fourth-order valence-corrected chi connectivity index (χ4v) is 11.2. The molecule has 0 spiro atoms. The van der Waals surface area contributed by atoms with E-state index in [9.17, 15) is 29.1 Å². The van der Waals surface area contributed by atoms with Gasteiger partial charge in [-0.15, -0.1) is 11.8 Å². The lowest BCUT2D eigenvalue weighted by atomic mass is 9.68. The number of aromatic amines is 1. The zero-order valence-corrected chi connectivity index (χ0v) is 27.2. The van der Waals surface area contributed by atoms with Gasteiger partial charge >= 0.3 is 10.8 Å². The number of anilines is 1. The van der Waals surface area contributed by atoms with E-state index < -0.39 is 23.8 Å². The SMILES string of the molecule is Cc1ccccc1NC(=O)COc1cccc([C@H]2c3sc(=O)[nH]c3SC3C4CC(C5C(=O)N(C(CC(C)C)C(=O)O)C(=O)C45)C32)c1. The number of carbonyl (C=O) groups excluding carboxylic acids is 3. The summed E-state index contributed by atoms with van der Waals surface area (Å²) in [6, 6.07) is 13.9. The lowest BCUT2D eigenvalue weighted by Crippen LogP contribution is -2.47. The van der Waals surface area contributed by atoms with Crippen molar-refractivity contribution in [3.63, 3.8) is 0 Å². The lowest BCUT2D eigenvalue weighted by Gasteiger charge is -2.43. The number of amides is 3. The van der Waals surface area contributed by atoms with Crippen LogP contribution in [-0.2, 0) is 19.2 Å². The van der Waals surface area contributed by atoms with Crippen molar-refractivity contribution < 1.29 is 29.0 Å². The van der Waals surface area contributed by atoms with Crippen LogP contribution in [0.1, 0.15) is 48.6 Å². The molecule has 7 unspecified atom stereocenters. The maximum atomic E-state index is 14.0. The van der Waals surface area contributed by atoms with Crippen LogP contribution in [0.15, 0.2) is 58.4 Å². The monoisotopic (exact) mass is 661 g/mol. The molecule has 3 aromatic rings. The number of H-pyrrole nitrogens is 1. The van der Waals surface area contributed by atoms with Crippen LogP contribution in [-0.4, -0.2) is 56.6 Å². The zero-order valence-electron chi connectivity index (χ0n) is 25.6. The Hall–Kier alpha value is -3.90. The van der Waals surface area contributed by atoms with Crippen molar-refractivity contribution >= 4 is 52.5 Å². The van der Waals surface area contributed by atoms with E-state index in [2.05, 4.69) is 10.3 Å². The standard InChI is InChI=1S/C34H35N3O7S2/c1-15(2)11-22(33(41)42)37-31(39)26-19-13-20(27(26)32(37)40)28-25(19)24(29-30(45-28)36-34(43)46-29)17-8-6-9-18(12-17)44-14-23(38)35-21-10-5-4-7-16(21)3/h4-10,12,15,19-20,22,24-28H,11,13-14H2,1-3H3,(H,35,38)(H,36,43)(H,41,42)/t19?,20?,22?,24-,25?,26?,27?,28?/m1/s1. The summed E-state index contributed by atoms with van der Waals surface area (Å²) in [7, 11) is 0. The van der Waals surface area contributed by atoms with E-state index in [-0.39, 0.29) is 70.5 Å². The summed E-state index contributed by atoms with van der Waals surface area (Å²) in [6.45, 7) is 5.50. The summed E-state index contributed by atoms with van der Waals surface area (Å²) in [4.78, 5) is 70.2. The largest absolute Gasteiger partial charge is 0.484 e. The number of carbonyl (C=O) groups is 4. The molecule has 3 heterocycles. The maximum absolute atomic E-state index is 14.0. The first kappa shape index (κ1) is 30.7. The molecule has 2 aromatic carbocycles. The van der Waals surface area contributed by atoms with Gasteiger partial charge in [-0.25, -0.2) is 4.79 Å². The molecule has 4 aliphatic rings. The maximum Gasteiger partial charge on any atom is 0.326 e. The van der Waals surface area contributed by atoms with Gasteiger partial charge in [0.15, 0.2) is 6.61 Å². The molecule has 240 valence electrons. The zero-order chi connectivity index (χ0) is 32.4. The summed E-state index contributed by atoms with van der Waals surface area (Å²) in [5, 5.41) is 13.6. The van der Waals surface area contributed by atoms with Crippen molar-refractivity contribution in [2.24, 2.45) is 35.5 Å².